The summed E-state index contributed by atoms with van der Waals surface area (Å²) in [6, 6.07) is 8.48. The Hall–Kier alpha value is -2.10. The average Bonchev–Trinajstić information content (AvgIpc) is 3.01. The molecule has 3 heterocycles. The summed E-state index contributed by atoms with van der Waals surface area (Å²) in [7, 11) is -3.62. The first kappa shape index (κ1) is 20.2. The van der Waals surface area contributed by atoms with Gasteiger partial charge in [0.2, 0.25) is 10.0 Å². The molecule has 1 fully saturated rings. The molecule has 0 aliphatic carbocycles. The Labute approximate surface area is 174 Å². The lowest BCUT2D eigenvalue weighted by molar-refractivity contribution is 0.0928. The quantitative estimate of drug-likeness (QED) is 0.797. The topological polar surface area (TPSA) is 84.9 Å². The number of carbonyl (C=O) groups is 1. The zero-order valence-corrected chi connectivity index (χ0v) is 17.9. The molecule has 0 saturated carbocycles. The van der Waals surface area contributed by atoms with Crippen LogP contribution in [0.2, 0.25) is 0 Å². The Balaban J connectivity index is 1.40. The first-order valence-corrected chi connectivity index (χ1v) is 12.0. The van der Waals surface area contributed by atoms with Crippen molar-refractivity contribution in [2.45, 2.75) is 37.1 Å². The van der Waals surface area contributed by atoms with Crippen molar-refractivity contribution in [3.8, 4) is 11.5 Å². The Morgan fingerprint density at radius 2 is 1.83 bits per heavy atom. The summed E-state index contributed by atoms with van der Waals surface area (Å²) in [4.78, 5) is 14.3. The molecule has 1 aromatic carbocycles. The van der Waals surface area contributed by atoms with Crippen LogP contribution in [0.15, 0.2) is 35.2 Å². The summed E-state index contributed by atoms with van der Waals surface area (Å²) in [5, 5.41) is 3.02. The number of fused-ring (bicyclic) bond motifs is 1. The molecular formula is C20H24N2O5S2. The van der Waals surface area contributed by atoms with Crippen LogP contribution in [0.3, 0.4) is 0 Å². The number of nitrogens with one attached hydrogen (secondary N) is 1. The number of piperidine rings is 1. The van der Waals surface area contributed by atoms with Gasteiger partial charge in [0.05, 0.1) is 23.0 Å². The van der Waals surface area contributed by atoms with Crippen LogP contribution in [0.25, 0.3) is 0 Å². The van der Waals surface area contributed by atoms with E-state index in [0.717, 1.165) is 11.3 Å². The predicted octanol–water partition coefficient (Wildman–Crippen LogP) is 2.80. The van der Waals surface area contributed by atoms with Gasteiger partial charge in [-0.05, 0) is 44.0 Å². The largest absolute Gasteiger partial charge is 0.490 e. The van der Waals surface area contributed by atoms with E-state index in [9.17, 15) is 13.2 Å². The zero-order chi connectivity index (χ0) is 20.4. The van der Waals surface area contributed by atoms with Crippen molar-refractivity contribution in [1.82, 2.24) is 9.62 Å². The van der Waals surface area contributed by atoms with Crippen LogP contribution in [0.1, 0.15) is 33.8 Å². The fourth-order valence-corrected chi connectivity index (χ4v) is 5.76. The molecule has 0 spiro atoms. The Bertz CT molecular complexity index is 994. The number of amides is 1. The van der Waals surface area contributed by atoms with E-state index in [1.165, 1.54) is 15.6 Å². The summed E-state index contributed by atoms with van der Waals surface area (Å²) in [5.41, 5.74) is 0. The van der Waals surface area contributed by atoms with Gasteiger partial charge in [0.25, 0.3) is 5.91 Å². The molecule has 0 radical (unpaired) electrons. The van der Waals surface area contributed by atoms with Crippen LogP contribution in [0.5, 0.6) is 11.5 Å². The van der Waals surface area contributed by atoms with Crippen LogP contribution < -0.4 is 14.8 Å². The van der Waals surface area contributed by atoms with Crippen molar-refractivity contribution in [2.75, 3.05) is 26.3 Å². The van der Waals surface area contributed by atoms with Crippen LogP contribution in [0.4, 0.5) is 0 Å². The number of nitrogens with zero attached hydrogens (tertiary/aromatic N) is 1. The third kappa shape index (κ3) is 4.41. The molecule has 2 aliphatic heterocycles. The Morgan fingerprint density at radius 3 is 2.52 bits per heavy atom. The fraction of sp³-hybridized carbons (Fsp3) is 0.450. The molecule has 1 aromatic heterocycles. The number of rotatable bonds is 4. The molecular weight excluding hydrogens is 412 g/mol. The number of hydrogen-bond acceptors (Lipinski definition) is 6. The highest BCUT2D eigenvalue weighted by Gasteiger charge is 2.31. The minimum Gasteiger partial charge on any atom is -0.490 e. The number of ether oxygens (including phenoxy) is 2. The van der Waals surface area contributed by atoms with Crippen LogP contribution in [-0.2, 0) is 10.0 Å². The molecule has 156 valence electrons. The van der Waals surface area contributed by atoms with Gasteiger partial charge in [0, 0.05) is 36.5 Å². The van der Waals surface area contributed by atoms with Gasteiger partial charge in [0.1, 0.15) is 0 Å². The molecule has 0 bridgehead atoms. The highest BCUT2D eigenvalue weighted by atomic mass is 32.2. The molecule has 1 saturated heterocycles. The first-order chi connectivity index (χ1) is 13.9. The van der Waals surface area contributed by atoms with E-state index >= 15 is 0 Å². The smallest absolute Gasteiger partial charge is 0.261 e. The van der Waals surface area contributed by atoms with Gasteiger partial charge in [-0.2, -0.15) is 4.31 Å². The van der Waals surface area contributed by atoms with E-state index in [2.05, 4.69) is 5.32 Å². The second-order valence-electron chi connectivity index (χ2n) is 7.22. The number of aryl methyl sites for hydroxylation is 1. The summed E-state index contributed by atoms with van der Waals surface area (Å²) < 4.78 is 38.8. The monoisotopic (exact) mass is 436 g/mol. The van der Waals surface area contributed by atoms with Gasteiger partial charge >= 0.3 is 0 Å². The van der Waals surface area contributed by atoms with Gasteiger partial charge in [-0.1, -0.05) is 0 Å². The molecule has 29 heavy (non-hydrogen) atoms. The van der Waals surface area contributed by atoms with Crippen LogP contribution in [0, 0.1) is 6.92 Å². The molecule has 1 N–H and O–H groups in total. The van der Waals surface area contributed by atoms with Crippen molar-refractivity contribution in [3.63, 3.8) is 0 Å². The number of benzene rings is 1. The summed E-state index contributed by atoms with van der Waals surface area (Å²) in [5.74, 6) is 0.955. The number of sulfonamides is 1. The van der Waals surface area contributed by atoms with Crippen molar-refractivity contribution < 1.29 is 22.7 Å². The average molecular weight is 437 g/mol. The highest BCUT2D eigenvalue weighted by Crippen LogP contribution is 2.33. The summed E-state index contributed by atoms with van der Waals surface area (Å²) >= 11 is 1.46. The first-order valence-electron chi connectivity index (χ1n) is 9.70. The maximum atomic E-state index is 13.1. The lowest BCUT2D eigenvalue weighted by Crippen LogP contribution is -2.46. The third-order valence-corrected chi connectivity index (χ3v) is 8.00. The zero-order valence-electron chi connectivity index (χ0n) is 16.2. The van der Waals surface area contributed by atoms with E-state index < -0.39 is 10.0 Å². The van der Waals surface area contributed by atoms with Crippen LogP contribution in [-0.4, -0.2) is 51.0 Å². The standard InChI is InChI=1S/C20H24N2O5S2/c1-14-3-6-19(28-14)20(23)21-15-7-9-22(10-8-15)29(24,25)16-4-5-17-18(13-16)27-12-2-11-26-17/h3-6,13,15H,2,7-12H2,1H3,(H,21,23). The number of carbonyl (C=O) groups excluding carboxylic acids is 1. The minimum atomic E-state index is -3.62. The SMILES string of the molecule is Cc1ccc(C(=O)NC2CCN(S(=O)(=O)c3ccc4c(c3)OCCCO4)CC2)s1. The normalized spacial score (nSPS) is 18.2. The van der Waals surface area contributed by atoms with Gasteiger partial charge in [-0.25, -0.2) is 8.42 Å². The van der Waals surface area contributed by atoms with Gasteiger partial charge in [0.15, 0.2) is 11.5 Å². The van der Waals surface area contributed by atoms with E-state index in [4.69, 9.17) is 9.47 Å². The maximum Gasteiger partial charge on any atom is 0.261 e. The summed E-state index contributed by atoms with van der Waals surface area (Å²) in [6.45, 7) is 3.76. The molecule has 1 amide bonds. The van der Waals surface area contributed by atoms with E-state index in [-0.39, 0.29) is 16.8 Å². The van der Waals surface area contributed by atoms with Gasteiger partial charge < -0.3 is 14.8 Å². The fourth-order valence-electron chi connectivity index (χ4n) is 3.51. The second kappa shape index (κ2) is 8.33. The van der Waals surface area contributed by atoms with E-state index in [1.54, 1.807) is 18.2 Å². The third-order valence-electron chi connectivity index (χ3n) is 5.11. The highest BCUT2D eigenvalue weighted by molar-refractivity contribution is 7.89. The summed E-state index contributed by atoms with van der Waals surface area (Å²) in [6.07, 6.45) is 1.93. The van der Waals surface area contributed by atoms with Crippen molar-refractivity contribution in [2.24, 2.45) is 0 Å². The van der Waals surface area contributed by atoms with Crippen molar-refractivity contribution in [3.05, 3.63) is 40.1 Å². The molecule has 4 rings (SSSR count). The Morgan fingerprint density at radius 1 is 1.10 bits per heavy atom. The second-order valence-corrected chi connectivity index (χ2v) is 10.4. The number of thiophene rings is 1. The predicted molar refractivity (Wildman–Crippen MR) is 110 cm³/mol. The molecule has 0 atom stereocenters. The minimum absolute atomic E-state index is 0.0277. The van der Waals surface area contributed by atoms with E-state index in [1.807, 2.05) is 19.1 Å². The van der Waals surface area contributed by atoms with Gasteiger partial charge in [-0.15, -0.1) is 11.3 Å². The van der Waals surface area contributed by atoms with Gasteiger partial charge in [-0.3, -0.25) is 4.79 Å². The Kier molecular flexibility index (Phi) is 5.80. The lowest BCUT2D eigenvalue weighted by Gasteiger charge is -2.31. The molecule has 0 unspecified atom stereocenters. The lowest BCUT2D eigenvalue weighted by atomic mass is 10.1. The number of hydrogen-bond donors (Lipinski definition) is 1. The molecule has 2 aromatic rings. The van der Waals surface area contributed by atoms with E-state index in [0.29, 0.717) is 55.5 Å². The maximum absolute atomic E-state index is 13.1. The molecule has 9 heteroatoms. The van der Waals surface area contributed by atoms with Crippen molar-refractivity contribution in [1.29, 1.82) is 0 Å². The molecule has 2 aliphatic rings. The van der Waals surface area contributed by atoms with Crippen LogP contribution >= 0.6 is 11.3 Å². The van der Waals surface area contributed by atoms with Crippen molar-refractivity contribution >= 4 is 27.3 Å². The molecule has 7 nitrogen and oxygen atoms in total.